The predicted molar refractivity (Wildman–Crippen MR) is 94.3 cm³/mol. The number of thioether (sulfide) groups is 1. The standard InChI is InChI=1S/C16H13N5S2/c1-20-11-7-3-5-9-13(11)22-15(20)17-19-18-16-21(2)12-8-4-6-10-14(12)23-16/h3-10H,1H2,2H3/q+2. The van der Waals surface area contributed by atoms with Crippen molar-refractivity contribution in [2.75, 3.05) is 0 Å². The van der Waals surface area contributed by atoms with Crippen molar-refractivity contribution in [1.29, 1.82) is 0 Å². The third-order valence-corrected chi connectivity index (χ3v) is 5.72. The Morgan fingerprint density at radius 3 is 2.65 bits per heavy atom. The molecule has 0 saturated carbocycles. The maximum Gasteiger partial charge on any atom is 0.413 e. The molecule has 0 unspecified atom stereocenters. The molecule has 0 fully saturated rings. The topological polar surface area (TPSA) is 44.0 Å². The average molecular weight is 339 g/mol. The van der Waals surface area contributed by atoms with E-state index in [9.17, 15) is 0 Å². The van der Waals surface area contributed by atoms with Gasteiger partial charge in [-0.05, 0) is 35.6 Å². The molecule has 5 nitrogen and oxygen atoms in total. The van der Waals surface area contributed by atoms with E-state index in [1.54, 1.807) is 27.7 Å². The first-order valence-electron chi connectivity index (χ1n) is 6.98. The first kappa shape index (κ1) is 14.2. The summed E-state index contributed by atoms with van der Waals surface area (Å²) >= 11 is 3.14. The lowest BCUT2D eigenvalue weighted by molar-refractivity contribution is -0.627. The van der Waals surface area contributed by atoms with E-state index in [4.69, 9.17) is 0 Å². The molecule has 0 amide bonds. The number of aromatic nitrogens is 1. The second-order valence-corrected chi connectivity index (χ2v) is 7.00. The number of hydrogen-bond acceptors (Lipinski definition) is 4. The summed E-state index contributed by atoms with van der Waals surface area (Å²) in [6.07, 6.45) is 0. The first-order chi connectivity index (χ1) is 11.2. The number of aryl methyl sites for hydroxylation is 1. The Balaban J connectivity index is 1.62. The van der Waals surface area contributed by atoms with Crippen molar-refractivity contribution in [3.8, 4) is 0 Å². The molecule has 0 aliphatic carbocycles. The molecule has 0 saturated heterocycles. The summed E-state index contributed by atoms with van der Waals surface area (Å²) < 4.78 is 4.98. The van der Waals surface area contributed by atoms with E-state index in [0.717, 1.165) is 26.4 Å². The van der Waals surface area contributed by atoms with Crippen LogP contribution in [0.1, 0.15) is 0 Å². The number of rotatable bonds is 2. The quantitative estimate of drug-likeness (QED) is 0.391. The molecule has 23 heavy (non-hydrogen) atoms. The van der Waals surface area contributed by atoms with Gasteiger partial charge in [-0.3, -0.25) is 0 Å². The molecule has 0 atom stereocenters. The lowest BCUT2D eigenvalue weighted by Crippen LogP contribution is -2.25. The fraction of sp³-hybridized carbons (Fsp3) is 0.0625. The van der Waals surface area contributed by atoms with Crippen LogP contribution in [-0.2, 0) is 7.05 Å². The molecule has 1 aromatic heterocycles. The monoisotopic (exact) mass is 339 g/mol. The number of thiazole rings is 1. The maximum atomic E-state index is 4.25. The largest absolute Gasteiger partial charge is 0.413 e. The van der Waals surface area contributed by atoms with Crippen LogP contribution in [0.3, 0.4) is 0 Å². The molecule has 4 rings (SSSR count). The van der Waals surface area contributed by atoms with Crippen molar-refractivity contribution in [3.05, 3.63) is 48.5 Å². The molecule has 0 spiro atoms. The number of hydrogen-bond donors (Lipinski definition) is 0. The fourth-order valence-electron chi connectivity index (χ4n) is 2.37. The van der Waals surface area contributed by atoms with Crippen LogP contribution in [0.25, 0.3) is 10.2 Å². The minimum absolute atomic E-state index is 0.721. The maximum absolute atomic E-state index is 4.25. The van der Waals surface area contributed by atoms with Crippen LogP contribution >= 0.6 is 23.1 Å². The highest BCUT2D eigenvalue weighted by Gasteiger charge is 2.30. The zero-order valence-corrected chi connectivity index (χ0v) is 14.0. The summed E-state index contributed by atoms with van der Waals surface area (Å²) in [6.45, 7) is 4.02. The normalized spacial score (nSPS) is 15.9. The minimum Gasteiger partial charge on any atom is -0.214 e. The molecular formula is C16H13N5S2+2. The summed E-state index contributed by atoms with van der Waals surface area (Å²) in [7, 11) is 1.98. The van der Waals surface area contributed by atoms with Crippen molar-refractivity contribution in [2.24, 2.45) is 22.5 Å². The van der Waals surface area contributed by atoms with Crippen molar-refractivity contribution < 1.29 is 9.14 Å². The van der Waals surface area contributed by atoms with Gasteiger partial charge in [-0.2, -0.15) is 4.58 Å². The van der Waals surface area contributed by atoms with E-state index in [1.165, 1.54) is 4.70 Å². The molecule has 1 aliphatic rings. The predicted octanol–water partition coefficient (Wildman–Crippen LogP) is 4.23. The van der Waals surface area contributed by atoms with E-state index in [1.807, 2.05) is 48.0 Å². The van der Waals surface area contributed by atoms with Crippen LogP contribution in [0.4, 0.5) is 10.8 Å². The van der Waals surface area contributed by atoms with E-state index < -0.39 is 0 Å². The molecule has 0 bridgehead atoms. The van der Waals surface area contributed by atoms with E-state index in [2.05, 4.69) is 34.3 Å². The summed E-state index contributed by atoms with van der Waals surface area (Å²) in [4.78, 5) is 1.13. The highest BCUT2D eigenvalue weighted by molar-refractivity contribution is 8.13. The van der Waals surface area contributed by atoms with Gasteiger partial charge in [0, 0.05) is 11.8 Å². The van der Waals surface area contributed by atoms with Crippen LogP contribution in [0.15, 0.2) is 68.9 Å². The lowest BCUT2D eigenvalue weighted by atomic mass is 10.3. The molecule has 2 aromatic carbocycles. The lowest BCUT2D eigenvalue weighted by Gasteiger charge is -1.91. The second kappa shape index (κ2) is 5.68. The van der Waals surface area contributed by atoms with Gasteiger partial charge in [-0.25, -0.2) is 4.57 Å². The van der Waals surface area contributed by atoms with E-state index >= 15 is 0 Å². The van der Waals surface area contributed by atoms with Crippen LogP contribution in [-0.4, -0.2) is 16.5 Å². The van der Waals surface area contributed by atoms with Gasteiger partial charge in [-0.1, -0.05) is 24.3 Å². The van der Waals surface area contributed by atoms with Gasteiger partial charge in [0.1, 0.15) is 21.4 Å². The number of nitrogens with zero attached hydrogens (tertiary/aromatic N) is 5. The molecule has 112 valence electrons. The van der Waals surface area contributed by atoms with Gasteiger partial charge in [0.2, 0.25) is 0 Å². The average Bonchev–Trinajstić information content (AvgIpc) is 3.07. The summed E-state index contributed by atoms with van der Waals surface area (Å²) in [5, 5.41) is 14.0. The third-order valence-electron chi connectivity index (χ3n) is 3.56. The number of fused-ring (bicyclic) bond motifs is 2. The summed E-state index contributed by atoms with van der Waals surface area (Å²) in [6, 6.07) is 16.2. The van der Waals surface area contributed by atoms with Crippen molar-refractivity contribution in [1.82, 2.24) is 0 Å². The molecule has 0 N–H and O–H groups in total. The first-order valence-corrected chi connectivity index (χ1v) is 8.61. The van der Waals surface area contributed by atoms with Crippen LogP contribution in [0.2, 0.25) is 0 Å². The second-order valence-electron chi connectivity index (χ2n) is 4.98. The number of para-hydroxylation sites is 2. The van der Waals surface area contributed by atoms with Crippen molar-refractivity contribution >= 4 is 56.0 Å². The smallest absolute Gasteiger partial charge is 0.214 e. The van der Waals surface area contributed by atoms with Gasteiger partial charge in [0.05, 0.1) is 23.4 Å². The van der Waals surface area contributed by atoms with Crippen molar-refractivity contribution in [3.63, 3.8) is 0 Å². The van der Waals surface area contributed by atoms with Crippen molar-refractivity contribution in [2.45, 2.75) is 4.90 Å². The molecule has 1 aliphatic heterocycles. The van der Waals surface area contributed by atoms with Gasteiger partial charge >= 0.3 is 10.3 Å². The Hall–Kier alpha value is -2.38. The molecule has 3 aromatic rings. The third kappa shape index (κ3) is 2.47. The van der Waals surface area contributed by atoms with Crippen LogP contribution in [0.5, 0.6) is 0 Å². The van der Waals surface area contributed by atoms with E-state index in [-0.39, 0.29) is 0 Å². The zero-order valence-electron chi connectivity index (χ0n) is 12.4. The number of amidine groups is 1. The Bertz CT molecular complexity index is 987. The minimum atomic E-state index is 0.721. The Kier molecular flexibility index (Phi) is 3.51. The molecule has 7 heteroatoms. The summed E-state index contributed by atoms with van der Waals surface area (Å²) in [5.41, 5.74) is 2.18. The molecular weight excluding hydrogens is 326 g/mol. The summed E-state index contributed by atoms with van der Waals surface area (Å²) in [5.74, 6) is 0. The highest BCUT2D eigenvalue weighted by atomic mass is 32.2. The van der Waals surface area contributed by atoms with Gasteiger partial charge < -0.3 is 0 Å². The number of benzene rings is 2. The van der Waals surface area contributed by atoms with Crippen LogP contribution < -0.4 is 4.57 Å². The Morgan fingerprint density at radius 2 is 1.83 bits per heavy atom. The van der Waals surface area contributed by atoms with Gasteiger partial charge in [0.15, 0.2) is 5.22 Å². The fourth-order valence-corrected chi connectivity index (χ4v) is 4.25. The molecule has 2 heterocycles. The zero-order chi connectivity index (χ0) is 15.8. The van der Waals surface area contributed by atoms with Gasteiger partial charge in [-0.15, -0.1) is 0 Å². The van der Waals surface area contributed by atoms with Gasteiger partial charge in [0.25, 0.3) is 0 Å². The van der Waals surface area contributed by atoms with E-state index in [0.29, 0.717) is 0 Å². The Labute approximate surface area is 141 Å². The highest BCUT2D eigenvalue weighted by Crippen LogP contribution is 2.38. The van der Waals surface area contributed by atoms with Crippen LogP contribution in [0, 0.1) is 0 Å². The molecule has 0 radical (unpaired) electrons. The SMILES string of the molecule is C=[N+]1C(=NN=Nc2sc3ccccc3[n+]2C)Sc2ccccc21. The Morgan fingerprint density at radius 1 is 1.04 bits per heavy atom.